The largest absolute Gasteiger partial charge is 0.448 e. The van der Waals surface area contributed by atoms with E-state index in [0.29, 0.717) is 30.2 Å². The van der Waals surface area contributed by atoms with Crippen molar-refractivity contribution in [3.63, 3.8) is 0 Å². The van der Waals surface area contributed by atoms with Crippen molar-refractivity contribution in [1.82, 2.24) is 19.7 Å². The number of aryl methyl sites for hydroxylation is 1. The zero-order chi connectivity index (χ0) is 17.9. The van der Waals surface area contributed by atoms with Crippen LogP contribution in [0.5, 0.6) is 0 Å². The standard InChI is InChI=1S/C19H17N5O2/c1-2-15-18(21-12-26-15)19(25)22-16-8-10-24(23-16)11-14-6-3-5-13-7-4-9-20-17(13)14/h3-10,12H,2,11H2,1H3,(H,22,23,25). The second kappa shape index (κ2) is 6.79. The fraction of sp³-hybridized carbons (Fsp3) is 0.158. The molecule has 3 aromatic heterocycles. The molecule has 0 bridgehead atoms. The van der Waals surface area contributed by atoms with Crippen molar-refractivity contribution in [2.24, 2.45) is 0 Å². The van der Waals surface area contributed by atoms with Gasteiger partial charge in [0.15, 0.2) is 17.9 Å². The normalized spacial score (nSPS) is 11.0. The maximum absolute atomic E-state index is 12.3. The predicted molar refractivity (Wildman–Crippen MR) is 96.9 cm³/mol. The minimum Gasteiger partial charge on any atom is -0.448 e. The summed E-state index contributed by atoms with van der Waals surface area (Å²) in [5.41, 5.74) is 2.31. The monoisotopic (exact) mass is 347 g/mol. The number of rotatable bonds is 5. The molecule has 0 saturated heterocycles. The van der Waals surface area contributed by atoms with Crippen LogP contribution in [0.25, 0.3) is 10.9 Å². The van der Waals surface area contributed by atoms with Gasteiger partial charge in [-0.05, 0) is 11.6 Å². The summed E-state index contributed by atoms with van der Waals surface area (Å²) in [7, 11) is 0. The van der Waals surface area contributed by atoms with Gasteiger partial charge in [-0.2, -0.15) is 5.10 Å². The molecule has 1 aromatic carbocycles. The Morgan fingerprint density at radius 1 is 1.19 bits per heavy atom. The summed E-state index contributed by atoms with van der Waals surface area (Å²) in [6.45, 7) is 2.47. The number of carbonyl (C=O) groups is 1. The number of amides is 1. The number of oxazole rings is 1. The maximum Gasteiger partial charge on any atom is 0.279 e. The van der Waals surface area contributed by atoms with Gasteiger partial charge in [0.25, 0.3) is 5.91 Å². The highest BCUT2D eigenvalue weighted by Crippen LogP contribution is 2.17. The first-order valence-corrected chi connectivity index (χ1v) is 8.34. The molecule has 0 unspecified atom stereocenters. The molecule has 0 aliphatic carbocycles. The van der Waals surface area contributed by atoms with Crippen molar-refractivity contribution >= 4 is 22.6 Å². The van der Waals surface area contributed by atoms with Crippen LogP contribution in [0.15, 0.2) is 59.6 Å². The van der Waals surface area contributed by atoms with Gasteiger partial charge in [-0.1, -0.05) is 31.2 Å². The van der Waals surface area contributed by atoms with Gasteiger partial charge in [0.1, 0.15) is 5.76 Å². The SMILES string of the molecule is CCc1ocnc1C(=O)Nc1ccn(Cc2cccc3cccnc23)n1. The van der Waals surface area contributed by atoms with Crippen LogP contribution < -0.4 is 5.32 Å². The Bertz CT molecular complexity index is 1060. The first kappa shape index (κ1) is 16.0. The van der Waals surface area contributed by atoms with Crippen molar-refractivity contribution in [1.29, 1.82) is 0 Å². The second-order valence-electron chi connectivity index (χ2n) is 5.82. The van der Waals surface area contributed by atoms with Crippen LogP contribution in [0.3, 0.4) is 0 Å². The molecule has 0 spiro atoms. The summed E-state index contributed by atoms with van der Waals surface area (Å²) >= 11 is 0. The number of hydrogen-bond donors (Lipinski definition) is 1. The van der Waals surface area contributed by atoms with E-state index in [2.05, 4.69) is 20.4 Å². The molecule has 4 rings (SSSR count). The molecule has 7 heteroatoms. The minimum atomic E-state index is -0.326. The lowest BCUT2D eigenvalue weighted by Crippen LogP contribution is -2.15. The van der Waals surface area contributed by atoms with E-state index < -0.39 is 0 Å². The Balaban J connectivity index is 1.52. The van der Waals surface area contributed by atoms with Gasteiger partial charge in [0.2, 0.25) is 0 Å². The van der Waals surface area contributed by atoms with Crippen LogP contribution in [-0.2, 0) is 13.0 Å². The Kier molecular flexibility index (Phi) is 4.18. The number of pyridine rings is 1. The first-order valence-electron chi connectivity index (χ1n) is 8.34. The van der Waals surface area contributed by atoms with Gasteiger partial charge in [-0.25, -0.2) is 4.98 Å². The molecule has 130 valence electrons. The van der Waals surface area contributed by atoms with Gasteiger partial charge in [-0.3, -0.25) is 14.5 Å². The topological polar surface area (TPSA) is 85.8 Å². The number of fused-ring (bicyclic) bond motifs is 1. The molecule has 4 aromatic rings. The van der Waals surface area contributed by atoms with E-state index in [-0.39, 0.29) is 5.91 Å². The number of anilines is 1. The van der Waals surface area contributed by atoms with E-state index in [1.165, 1.54) is 6.39 Å². The maximum atomic E-state index is 12.3. The molecule has 1 amide bonds. The van der Waals surface area contributed by atoms with Gasteiger partial charge >= 0.3 is 0 Å². The van der Waals surface area contributed by atoms with E-state index >= 15 is 0 Å². The van der Waals surface area contributed by atoms with Gasteiger partial charge in [0, 0.05) is 30.3 Å². The molecule has 0 atom stereocenters. The predicted octanol–water partition coefficient (Wildman–Crippen LogP) is 3.28. The Labute approximate surface area is 149 Å². The van der Waals surface area contributed by atoms with Crippen LogP contribution in [0, 0.1) is 0 Å². The molecular formula is C19H17N5O2. The third kappa shape index (κ3) is 3.06. The van der Waals surface area contributed by atoms with Crippen molar-refractivity contribution in [2.45, 2.75) is 19.9 Å². The number of para-hydroxylation sites is 1. The molecular weight excluding hydrogens is 330 g/mol. The number of nitrogens with one attached hydrogen (secondary N) is 1. The van der Waals surface area contributed by atoms with E-state index in [1.54, 1.807) is 16.9 Å². The van der Waals surface area contributed by atoms with Gasteiger partial charge in [-0.15, -0.1) is 0 Å². The summed E-state index contributed by atoms with van der Waals surface area (Å²) < 4.78 is 6.96. The molecule has 0 aliphatic rings. The average Bonchev–Trinajstić information content (AvgIpc) is 3.31. The molecule has 0 saturated carbocycles. The van der Waals surface area contributed by atoms with Crippen LogP contribution in [0.4, 0.5) is 5.82 Å². The number of nitrogens with zero attached hydrogens (tertiary/aromatic N) is 4. The lowest BCUT2D eigenvalue weighted by molar-refractivity contribution is 0.102. The minimum absolute atomic E-state index is 0.292. The number of carbonyl (C=O) groups excluding carboxylic acids is 1. The van der Waals surface area contributed by atoms with E-state index in [9.17, 15) is 4.79 Å². The Morgan fingerprint density at radius 3 is 2.96 bits per heavy atom. The third-order valence-electron chi connectivity index (χ3n) is 4.11. The fourth-order valence-electron chi connectivity index (χ4n) is 2.87. The summed E-state index contributed by atoms with van der Waals surface area (Å²) in [6.07, 6.45) is 5.48. The summed E-state index contributed by atoms with van der Waals surface area (Å²) in [5.74, 6) is 0.699. The van der Waals surface area contributed by atoms with Crippen molar-refractivity contribution in [2.75, 3.05) is 5.32 Å². The zero-order valence-electron chi connectivity index (χ0n) is 14.2. The average molecular weight is 347 g/mol. The molecule has 1 N–H and O–H groups in total. The fourth-order valence-corrected chi connectivity index (χ4v) is 2.87. The number of benzene rings is 1. The molecule has 0 radical (unpaired) electrons. The number of aromatic nitrogens is 4. The van der Waals surface area contributed by atoms with Crippen molar-refractivity contribution in [3.8, 4) is 0 Å². The highest BCUT2D eigenvalue weighted by molar-refractivity contribution is 6.02. The van der Waals surface area contributed by atoms with Gasteiger partial charge in [0.05, 0.1) is 12.1 Å². The van der Waals surface area contributed by atoms with Crippen LogP contribution in [0.1, 0.15) is 28.7 Å². The number of hydrogen-bond acceptors (Lipinski definition) is 5. The van der Waals surface area contributed by atoms with E-state index in [4.69, 9.17) is 4.42 Å². The molecule has 0 fully saturated rings. The molecule has 7 nitrogen and oxygen atoms in total. The van der Waals surface area contributed by atoms with Gasteiger partial charge < -0.3 is 9.73 Å². The molecule has 0 aliphatic heterocycles. The van der Waals surface area contributed by atoms with E-state index in [0.717, 1.165) is 16.5 Å². The van der Waals surface area contributed by atoms with Crippen LogP contribution >= 0.6 is 0 Å². The lowest BCUT2D eigenvalue weighted by Gasteiger charge is -2.06. The highest BCUT2D eigenvalue weighted by Gasteiger charge is 2.16. The van der Waals surface area contributed by atoms with Crippen molar-refractivity contribution in [3.05, 3.63) is 72.2 Å². The van der Waals surface area contributed by atoms with Crippen LogP contribution in [0.2, 0.25) is 0 Å². The summed E-state index contributed by atoms with van der Waals surface area (Å²) in [6, 6.07) is 11.8. The second-order valence-corrected chi connectivity index (χ2v) is 5.82. The molecule has 3 heterocycles. The van der Waals surface area contributed by atoms with Crippen molar-refractivity contribution < 1.29 is 9.21 Å². The summed E-state index contributed by atoms with van der Waals surface area (Å²) in [4.78, 5) is 20.7. The molecule has 26 heavy (non-hydrogen) atoms. The van der Waals surface area contributed by atoms with Crippen LogP contribution in [-0.4, -0.2) is 25.7 Å². The Hall–Kier alpha value is -3.48. The zero-order valence-corrected chi connectivity index (χ0v) is 14.2. The summed E-state index contributed by atoms with van der Waals surface area (Å²) in [5, 5.41) is 8.26. The highest BCUT2D eigenvalue weighted by atomic mass is 16.3. The van der Waals surface area contributed by atoms with E-state index in [1.807, 2.05) is 43.5 Å². The lowest BCUT2D eigenvalue weighted by atomic mass is 10.1. The quantitative estimate of drug-likeness (QED) is 0.599. The third-order valence-corrected chi connectivity index (χ3v) is 4.11. The first-order chi connectivity index (χ1) is 12.7. The Morgan fingerprint density at radius 2 is 2.08 bits per heavy atom. The smallest absolute Gasteiger partial charge is 0.279 e.